The highest BCUT2D eigenvalue weighted by Gasteiger charge is 2.36. The van der Waals surface area contributed by atoms with Gasteiger partial charge in [-0.25, -0.2) is 4.90 Å². The van der Waals surface area contributed by atoms with E-state index in [1.807, 2.05) is 12.1 Å². The first-order valence-electron chi connectivity index (χ1n) is 9.49. The highest BCUT2D eigenvalue weighted by molar-refractivity contribution is 9.11. The number of ether oxygens (including phenoxy) is 1. The lowest BCUT2D eigenvalue weighted by molar-refractivity contribution is -0.111. The standard InChI is InChI=1S/C24H16Br2N2O4/c1-32-22-14(12-15(25)13-20(22)26)6-11-21(29)27-16-7-9-17(10-8-16)28-23(30)18-4-2-3-5-19(18)24(28)31/h2-13H,1H3,(H,27,29)/b11-6+. The SMILES string of the molecule is COc1c(Br)cc(Br)cc1/C=C/C(=O)Nc1ccc(N2C(=O)c3ccccc3C2=O)cc1. The van der Waals surface area contributed by atoms with Crippen LogP contribution in [0.15, 0.2) is 75.7 Å². The lowest BCUT2D eigenvalue weighted by Gasteiger charge is -2.14. The topological polar surface area (TPSA) is 75.7 Å². The number of benzene rings is 3. The highest BCUT2D eigenvalue weighted by Crippen LogP contribution is 2.33. The minimum atomic E-state index is -0.362. The van der Waals surface area contributed by atoms with Crippen molar-refractivity contribution < 1.29 is 19.1 Å². The zero-order valence-corrected chi connectivity index (χ0v) is 19.9. The van der Waals surface area contributed by atoms with Crippen LogP contribution in [0.25, 0.3) is 6.08 Å². The third-order valence-corrected chi connectivity index (χ3v) is 5.89. The van der Waals surface area contributed by atoms with Gasteiger partial charge in [-0.2, -0.15) is 0 Å². The number of fused-ring (bicyclic) bond motifs is 1. The summed E-state index contributed by atoms with van der Waals surface area (Å²) in [4.78, 5) is 38.7. The molecular formula is C24H16Br2N2O4. The maximum Gasteiger partial charge on any atom is 0.266 e. The van der Waals surface area contributed by atoms with E-state index in [1.54, 1.807) is 61.7 Å². The maximum atomic E-state index is 12.6. The van der Waals surface area contributed by atoms with Crippen LogP contribution in [0.1, 0.15) is 26.3 Å². The van der Waals surface area contributed by atoms with Gasteiger partial charge in [0.1, 0.15) is 5.75 Å². The van der Waals surface area contributed by atoms with Gasteiger partial charge in [0.25, 0.3) is 11.8 Å². The summed E-state index contributed by atoms with van der Waals surface area (Å²) in [5.74, 6) is -0.446. The molecular weight excluding hydrogens is 540 g/mol. The number of carbonyl (C=O) groups excluding carboxylic acids is 3. The van der Waals surface area contributed by atoms with E-state index >= 15 is 0 Å². The summed E-state index contributed by atoms with van der Waals surface area (Å²) in [6.07, 6.45) is 3.05. The quantitative estimate of drug-likeness (QED) is 0.325. The number of rotatable bonds is 5. The van der Waals surface area contributed by atoms with Crippen molar-refractivity contribution in [1.82, 2.24) is 0 Å². The molecule has 0 saturated heterocycles. The Hall–Kier alpha value is -3.23. The molecule has 3 aromatic carbocycles. The number of halogens is 2. The van der Waals surface area contributed by atoms with Crippen molar-refractivity contribution in [2.24, 2.45) is 0 Å². The summed E-state index contributed by atoms with van der Waals surface area (Å²) >= 11 is 6.85. The molecule has 0 saturated carbocycles. The number of nitrogens with one attached hydrogen (secondary N) is 1. The van der Waals surface area contributed by atoms with Crippen molar-refractivity contribution in [3.63, 3.8) is 0 Å². The van der Waals surface area contributed by atoms with E-state index in [1.165, 1.54) is 6.08 Å². The molecule has 0 aromatic heterocycles. The summed E-state index contributed by atoms with van der Waals surface area (Å²) < 4.78 is 6.98. The number of methoxy groups -OCH3 is 1. The van der Waals surface area contributed by atoms with Gasteiger partial charge in [0.05, 0.1) is 28.4 Å². The molecule has 0 aliphatic carbocycles. The molecule has 0 radical (unpaired) electrons. The summed E-state index contributed by atoms with van der Waals surface area (Å²) in [6, 6.07) is 16.9. The van der Waals surface area contributed by atoms with Crippen molar-refractivity contribution in [3.8, 4) is 5.75 Å². The zero-order chi connectivity index (χ0) is 22.8. The van der Waals surface area contributed by atoms with Crippen molar-refractivity contribution in [2.45, 2.75) is 0 Å². The van der Waals surface area contributed by atoms with Crippen LogP contribution < -0.4 is 15.0 Å². The second-order valence-corrected chi connectivity index (χ2v) is 8.64. The number of nitrogens with zero attached hydrogens (tertiary/aromatic N) is 1. The fourth-order valence-electron chi connectivity index (χ4n) is 3.39. The van der Waals surface area contributed by atoms with Crippen LogP contribution in [-0.4, -0.2) is 24.8 Å². The van der Waals surface area contributed by atoms with E-state index in [-0.39, 0.29) is 17.7 Å². The number of hydrogen-bond acceptors (Lipinski definition) is 4. The molecule has 1 aliphatic heterocycles. The first-order chi connectivity index (χ1) is 15.4. The van der Waals surface area contributed by atoms with Crippen LogP contribution in [0.4, 0.5) is 11.4 Å². The predicted octanol–water partition coefficient (Wildman–Crippen LogP) is 5.67. The summed E-state index contributed by atoms with van der Waals surface area (Å²) in [5, 5.41) is 2.76. The Morgan fingerprint density at radius 2 is 1.59 bits per heavy atom. The van der Waals surface area contributed by atoms with Gasteiger partial charge in [0.2, 0.25) is 5.91 Å². The normalized spacial score (nSPS) is 12.9. The maximum absolute atomic E-state index is 12.6. The van der Waals surface area contributed by atoms with Crippen molar-refractivity contribution >= 4 is 67.0 Å². The predicted molar refractivity (Wildman–Crippen MR) is 130 cm³/mol. The lowest BCUT2D eigenvalue weighted by Crippen LogP contribution is -2.29. The van der Waals surface area contributed by atoms with Gasteiger partial charge >= 0.3 is 0 Å². The van der Waals surface area contributed by atoms with Crippen LogP contribution in [0.3, 0.4) is 0 Å². The summed E-state index contributed by atoms with van der Waals surface area (Å²) in [7, 11) is 1.56. The molecule has 4 rings (SSSR count). The van der Waals surface area contributed by atoms with Crippen LogP contribution in [-0.2, 0) is 4.79 Å². The van der Waals surface area contributed by atoms with Crippen molar-refractivity contribution in [1.29, 1.82) is 0 Å². The third-order valence-electron chi connectivity index (χ3n) is 4.84. The molecule has 0 bridgehead atoms. The molecule has 0 spiro atoms. The van der Waals surface area contributed by atoms with Gasteiger partial charge in [-0.3, -0.25) is 14.4 Å². The van der Waals surface area contributed by atoms with Crippen molar-refractivity contribution in [2.75, 3.05) is 17.3 Å². The highest BCUT2D eigenvalue weighted by atomic mass is 79.9. The fraction of sp³-hybridized carbons (Fsp3) is 0.0417. The Balaban J connectivity index is 1.47. The van der Waals surface area contributed by atoms with Crippen molar-refractivity contribution in [3.05, 3.63) is 92.4 Å². The first-order valence-corrected chi connectivity index (χ1v) is 11.1. The molecule has 3 amide bonds. The van der Waals surface area contributed by atoms with E-state index < -0.39 is 0 Å². The number of carbonyl (C=O) groups is 3. The lowest BCUT2D eigenvalue weighted by atomic mass is 10.1. The molecule has 1 aliphatic rings. The van der Waals surface area contributed by atoms with E-state index in [4.69, 9.17) is 4.74 Å². The summed E-state index contributed by atoms with van der Waals surface area (Å²) in [6.45, 7) is 0. The van der Waals surface area contributed by atoms with E-state index in [9.17, 15) is 14.4 Å². The minimum absolute atomic E-state index is 0.336. The number of amides is 3. The molecule has 1 N–H and O–H groups in total. The minimum Gasteiger partial charge on any atom is -0.495 e. The Kier molecular flexibility index (Phi) is 6.25. The van der Waals surface area contributed by atoms with Gasteiger partial charge in [-0.1, -0.05) is 28.1 Å². The molecule has 6 nitrogen and oxygen atoms in total. The molecule has 32 heavy (non-hydrogen) atoms. The Labute approximate surface area is 201 Å². The Morgan fingerprint density at radius 1 is 0.969 bits per heavy atom. The Morgan fingerprint density at radius 3 is 2.19 bits per heavy atom. The molecule has 3 aromatic rings. The average Bonchev–Trinajstić information content (AvgIpc) is 3.03. The van der Waals surface area contributed by atoms with E-state index in [0.29, 0.717) is 28.3 Å². The largest absolute Gasteiger partial charge is 0.495 e. The molecule has 8 heteroatoms. The first kappa shape index (κ1) is 22.0. The molecule has 0 unspecified atom stereocenters. The third kappa shape index (κ3) is 4.24. The van der Waals surface area contributed by atoms with Gasteiger partial charge in [0.15, 0.2) is 0 Å². The van der Waals surface area contributed by atoms with E-state index in [0.717, 1.165) is 19.4 Å². The second kappa shape index (κ2) is 9.10. The monoisotopic (exact) mass is 554 g/mol. The molecule has 1 heterocycles. The smallest absolute Gasteiger partial charge is 0.266 e. The van der Waals surface area contributed by atoms with Crippen LogP contribution in [0.2, 0.25) is 0 Å². The number of imide groups is 1. The molecule has 0 atom stereocenters. The zero-order valence-electron chi connectivity index (χ0n) is 16.8. The van der Waals surface area contributed by atoms with Gasteiger partial charge in [-0.15, -0.1) is 0 Å². The van der Waals surface area contributed by atoms with Gasteiger partial charge in [0, 0.05) is 21.8 Å². The van der Waals surface area contributed by atoms with Gasteiger partial charge < -0.3 is 10.1 Å². The fourth-order valence-corrected chi connectivity index (χ4v) is 4.81. The average molecular weight is 556 g/mol. The van der Waals surface area contributed by atoms with Crippen LogP contribution in [0, 0.1) is 0 Å². The number of hydrogen-bond donors (Lipinski definition) is 1. The van der Waals surface area contributed by atoms with Crippen LogP contribution >= 0.6 is 31.9 Å². The second-order valence-electron chi connectivity index (χ2n) is 6.87. The van der Waals surface area contributed by atoms with Crippen LogP contribution in [0.5, 0.6) is 5.75 Å². The summed E-state index contributed by atoms with van der Waals surface area (Å²) in [5.41, 5.74) is 2.46. The Bertz CT molecular complexity index is 1230. The van der Waals surface area contributed by atoms with Gasteiger partial charge in [-0.05, 0) is 70.5 Å². The van der Waals surface area contributed by atoms with E-state index in [2.05, 4.69) is 37.2 Å². The number of anilines is 2. The molecule has 160 valence electrons. The molecule has 0 fully saturated rings.